The van der Waals surface area contributed by atoms with Gasteiger partial charge in [0.25, 0.3) is 5.91 Å². The summed E-state index contributed by atoms with van der Waals surface area (Å²) >= 11 is 5.96. The fourth-order valence-electron chi connectivity index (χ4n) is 2.25. The first-order chi connectivity index (χ1) is 12.8. The van der Waals surface area contributed by atoms with Crippen LogP contribution >= 0.6 is 11.6 Å². The number of rotatable bonds is 5. The Balaban J connectivity index is 1.69. The lowest BCUT2D eigenvalue weighted by atomic mass is 10.2. The summed E-state index contributed by atoms with van der Waals surface area (Å²) in [6.07, 6.45) is 0.109. The van der Waals surface area contributed by atoms with Crippen molar-refractivity contribution in [2.75, 3.05) is 5.32 Å². The number of carbonyl (C=O) groups excluding carboxylic acids is 2. The summed E-state index contributed by atoms with van der Waals surface area (Å²) in [7, 11) is 0. The number of hydrogen-bond acceptors (Lipinski definition) is 6. The van der Waals surface area contributed by atoms with E-state index in [1.54, 1.807) is 6.07 Å². The monoisotopic (exact) mass is 388 g/mol. The van der Waals surface area contributed by atoms with Gasteiger partial charge in [0.05, 0.1) is 21.8 Å². The zero-order valence-electron chi connectivity index (χ0n) is 13.9. The smallest absolute Gasteiger partial charge is 0.339 e. The third-order valence-electron chi connectivity index (χ3n) is 3.69. The molecule has 2 N–H and O–H groups in total. The number of nitrogens with zero attached hydrogens (tertiary/aromatic N) is 1. The van der Waals surface area contributed by atoms with Gasteiger partial charge < -0.3 is 19.6 Å². The molecule has 9 heteroatoms. The van der Waals surface area contributed by atoms with E-state index in [1.165, 1.54) is 43.6 Å². The van der Waals surface area contributed by atoms with Crippen LogP contribution in [0, 0.1) is 0 Å². The number of ether oxygens (including phenoxy) is 1. The molecule has 3 rings (SSSR count). The predicted octanol–water partition coefficient (Wildman–Crippen LogP) is 3.36. The van der Waals surface area contributed by atoms with Crippen LogP contribution in [0.3, 0.4) is 0 Å². The minimum absolute atomic E-state index is 0.0419. The summed E-state index contributed by atoms with van der Waals surface area (Å²) in [5, 5.41) is 11.6. The average molecular weight is 389 g/mol. The van der Waals surface area contributed by atoms with Crippen molar-refractivity contribution in [1.29, 1.82) is 0 Å². The van der Waals surface area contributed by atoms with Crippen LogP contribution in [0.4, 0.5) is 5.69 Å². The molecule has 0 aliphatic heterocycles. The quantitative estimate of drug-likeness (QED) is 0.643. The van der Waals surface area contributed by atoms with E-state index < -0.39 is 23.9 Å². The van der Waals surface area contributed by atoms with Gasteiger partial charge >= 0.3 is 11.9 Å². The highest BCUT2D eigenvalue weighted by Crippen LogP contribution is 2.23. The molecule has 1 atom stereocenters. The lowest BCUT2D eigenvalue weighted by Gasteiger charge is -2.14. The number of carboxylic acid groups (broad SMARTS) is 1. The average Bonchev–Trinajstić information content (AvgIpc) is 3.10. The molecule has 3 aromatic rings. The van der Waals surface area contributed by atoms with Crippen LogP contribution in [0.2, 0.25) is 5.02 Å². The van der Waals surface area contributed by atoms with Crippen LogP contribution in [-0.2, 0) is 9.53 Å². The van der Waals surface area contributed by atoms with Crippen molar-refractivity contribution < 1.29 is 28.6 Å². The van der Waals surface area contributed by atoms with Crippen molar-refractivity contribution in [2.45, 2.75) is 13.0 Å². The van der Waals surface area contributed by atoms with Gasteiger partial charge in [0, 0.05) is 0 Å². The number of amides is 1. The number of halogens is 1. The summed E-state index contributed by atoms with van der Waals surface area (Å²) in [6, 6.07) is 8.44. The molecule has 1 aromatic heterocycles. The lowest BCUT2D eigenvalue weighted by Crippen LogP contribution is -2.30. The van der Waals surface area contributed by atoms with Crippen LogP contribution in [0.5, 0.6) is 0 Å². The maximum atomic E-state index is 12.3. The molecule has 1 amide bonds. The van der Waals surface area contributed by atoms with Crippen molar-refractivity contribution in [3.05, 3.63) is 58.9 Å². The highest BCUT2D eigenvalue weighted by atomic mass is 35.5. The van der Waals surface area contributed by atoms with Crippen LogP contribution in [0.25, 0.3) is 11.1 Å². The van der Waals surface area contributed by atoms with Gasteiger partial charge in [0.15, 0.2) is 18.1 Å². The number of aromatic nitrogens is 1. The predicted molar refractivity (Wildman–Crippen MR) is 95.9 cm³/mol. The molecule has 1 unspecified atom stereocenters. The fourth-order valence-corrected chi connectivity index (χ4v) is 2.42. The van der Waals surface area contributed by atoms with Gasteiger partial charge in [-0.3, -0.25) is 4.79 Å². The maximum absolute atomic E-state index is 12.3. The Hall–Kier alpha value is -3.39. The van der Waals surface area contributed by atoms with E-state index in [0.717, 1.165) is 0 Å². The SMILES string of the molecule is CC(OC(=O)c1ccc2ncoc2c1)C(=O)Nc1cc(C(=O)O)ccc1Cl. The first-order valence-electron chi connectivity index (χ1n) is 7.73. The summed E-state index contributed by atoms with van der Waals surface area (Å²) in [6.45, 7) is 1.38. The van der Waals surface area contributed by atoms with Gasteiger partial charge in [0.1, 0.15) is 5.52 Å². The highest BCUT2D eigenvalue weighted by Gasteiger charge is 2.21. The van der Waals surface area contributed by atoms with Crippen molar-refractivity contribution in [3.8, 4) is 0 Å². The number of aromatic carboxylic acids is 1. The largest absolute Gasteiger partial charge is 0.478 e. The van der Waals surface area contributed by atoms with Crippen LogP contribution in [-0.4, -0.2) is 34.0 Å². The first-order valence-corrected chi connectivity index (χ1v) is 8.11. The fraction of sp³-hybridized carbons (Fsp3) is 0.111. The third kappa shape index (κ3) is 4.06. The van der Waals surface area contributed by atoms with Crippen LogP contribution in [0.1, 0.15) is 27.6 Å². The molecular formula is C18H13ClN2O6. The van der Waals surface area contributed by atoms with E-state index in [0.29, 0.717) is 11.1 Å². The number of carbonyl (C=O) groups is 3. The second-order valence-electron chi connectivity index (χ2n) is 5.57. The second kappa shape index (κ2) is 7.46. The van der Waals surface area contributed by atoms with E-state index in [4.69, 9.17) is 25.9 Å². The van der Waals surface area contributed by atoms with Gasteiger partial charge in [-0.1, -0.05) is 11.6 Å². The van der Waals surface area contributed by atoms with E-state index in [9.17, 15) is 14.4 Å². The van der Waals surface area contributed by atoms with E-state index in [-0.39, 0.29) is 21.8 Å². The Bertz CT molecular complexity index is 1050. The molecule has 0 saturated carbocycles. The van der Waals surface area contributed by atoms with E-state index in [1.807, 2.05) is 0 Å². The molecule has 0 aliphatic rings. The molecule has 0 fully saturated rings. The molecule has 138 valence electrons. The second-order valence-corrected chi connectivity index (χ2v) is 5.98. The lowest BCUT2D eigenvalue weighted by molar-refractivity contribution is -0.123. The van der Waals surface area contributed by atoms with Crippen molar-refractivity contribution in [2.24, 2.45) is 0 Å². The van der Waals surface area contributed by atoms with Gasteiger partial charge in [-0.25, -0.2) is 14.6 Å². The van der Waals surface area contributed by atoms with Crippen LogP contribution in [0.15, 0.2) is 47.2 Å². The minimum atomic E-state index is -1.16. The van der Waals surface area contributed by atoms with Crippen molar-refractivity contribution >= 4 is 46.2 Å². The standard InChI is InChI=1S/C18H13ClN2O6/c1-9(16(22)21-14-6-10(17(23)24)2-4-12(14)19)27-18(25)11-3-5-13-15(7-11)26-8-20-13/h2-9H,1H3,(H,21,22)(H,23,24). The topological polar surface area (TPSA) is 119 Å². The summed E-state index contributed by atoms with van der Waals surface area (Å²) in [4.78, 5) is 39.4. The molecule has 0 bridgehead atoms. The number of hydrogen-bond donors (Lipinski definition) is 2. The zero-order valence-corrected chi connectivity index (χ0v) is 14.7. The minimum Gasteiger partial charge on any atom is -0.478 e. The van der Waals surface area contributed by atoms with Gasteiger partial charge in [-0.2, -0.15) is 0 Å². The Kier molecular flexibility index (Phi) is 5.09. The Morgan fingerprint density at radius 2 is 1.93 bits per heavy atom. The molecule has 0 radical (unpaired) electrons. The van der Waals surface area contributed by atoms with Gasteiger partial charge in [-0.05, 0) is 43.3 Å². The molecule has 0 saturated heterocycles. The van der Waals surface area contributed by atoms with E-state index in [2.05, 4.69) is 10.3 Å². The molecule has 0 aliphatic carbocycles. The van der Waals surface area contributed by atoms with Gasteiger partial charge in [0.2, 0.25) is 0 Å². The van der Waals surface area contributed by atoms with Crippen molar-refractivity contribution in [1.82, 2.24) is 4.98 Å². The molecule has 1 heterocycles. The maximum Gasteiger partial charge on any atom is 0.339 e. The third-order valence-corrected chi connectivity index (χ3v) is 4.02. The Labute approximate surface area is 157 Å². The highest BCUT2D eigenvalue weighted by molar-refractivity contribution is 6.34. The normalized spacial score (nSPS) is 11.8. The summed E-state index contributed by atoms with van der Waals surface area (Å²) in [5.74, 6) is -2.54. The number of nitrogens with one attached hydrogen (secondary N) is 1. The number of benzene rings is 2. The Morgan fingerprint density at radius 3 is 2.67 bits per heavy atom. The van der Waals surface area contributed by atoms with Gasteiger partial charge in [-0.15, -0.1) is 0 Å². The van der Waals surface area contributed by atoms with Crippen molar-refractivity contribution in [3.63, 3.8) is 0 Å². The summed E-state index contributed by atoms with van der Waals surface area (Å²) < 4.78 is 10.3. The molecular weight excluding hydrogens is 376 g/mol. The number of carboxylic acids is 1. The molecule has 8 nitrogen and oxygen atoms in total. The van der Waals surface area contributed by atoms with Crippen LogP contribution < -0.4 is 5.32 Å². The Morgan fingerprint density at radius 1 is 1.19 bits per heavy atom. The number of oxazole rings is 1. The molecule has 27 heavy (non-hydrogen) atoms. The molecule has 2 aromatic carbocycles. The van der Waals surface area contributed by atoms with E-state index >= 15 is 0 Å². The summed E-state index contributed by atoms with van der Waals surface area (Å²) in [5.41, 5.74) is 1.26. The first kappa shape index (κ1) is 18.4. The molecule has 0 spiro atoms. The number of fused-ring (bicyclic) bond motifs is 1. The zero-order chi connectivity index (χ0) is 19.6. The number of esters is 1. The number of anilines is 1.